The van der Waals surface area contributed by atoms with Crippen LogP contribution in [-0.2, 0) is 12.8 Å². The van der Waals surface area contributed by atoms with Crippen molar-refractivity contribution in [3.05, 3.63) is 45.8 Å². The molecule has 0 aliphatic heterocycles. The predicted octanol–water partition coefficient (Wildman–Crippen LogP) is 2.61. The summed E-state index contributed by atoms with van der Waals surface area (Å²) in [5, 5.41) is 3.11. The number of fused-ring (bicyclic) bond motifs is 1. The van der Waals surface area contributed by atoms with E-state index < -0.39 is 0 Å². The van der Waals surface area contributed by atoms with E-state index in [9.17, 15) is 0 Å². The summed E-state index contributed by atoms with van der Waals surface area (Å²) < 4.78 is 0. The molecule has 1 aliphatic rings. The van der Waals surface area contributed by atoms with Crippen molar-refractivity contribution >= 4 is 17.2 Å². The van der Waals surface area contributed by atoms with E-state index in [1.54, 1.807) is 11.3 Å². The molecular weight excluding hydrogens is 204 g/mol. The molecule has 0 saturated carbocycles. The Balaban J connectivity index is 1.90. The van der Waals surface area contributed by atoms with Gasteiger partial charge in [-0.25, -0.2) is 4.98 Å². The first-order valence-corrected chi connectivity index (χ1v) is 5.98. The SMILES string of the molecule is Nc1csc(C2Cc3ccccc3C2)n1. The van der Waals surface area contributed by atoms with Gasteiger partial charge in [-0.2, -0.15) is 0 Å². The highest BCUT2D eigenvalue weighted by Crippen LogP contribution is 2.35. The van der Waals surface area contributed by atoms with Gasteiger partial charge in [0.25, 0.3) is 0 Å². The number of benzene rings is 1. The van der Waals surface area contributed by atoms with Crippen LogP contribution in [0.25, 0.3) is 0 Å². The Morgan fingerprint density at radius 1 is 1.20 bits per heavy atom. The topological polar surface area (TPSA) is 38.9 Å². The Morgan fingerprint density at radius 3 is 2.40 bits per heavy atom. The Labute approximate surface area is 92.8 Å². The molecule has 1 aromatic carbocycles. The molecule has 0 radical (unpaired) electrons. The van der Waals surface area contributed by atoms with Crippen molar-refractivity contribution in [2.75, 3.05) is 5.73 Å². The molecule has 0 atom stereocenters. The highest BCUT2D eigenvalue weighted by molar-refractivity contribution is 7.10. The van der Waals surface area contributed by atoms with Crippen molar-refractivity contribution in [1.82, 2.24) is 4.98 Å². The number of hydrogen-bond donors (Lipinski definition) is 1. The van der Waals surface area contributed by atoms with Crippen molar-refractivity contribution in [3.8, 4) is 0 Å². The van der Waals surface area contributed by atoms with Gasteiger partial charge in [-0.15, -0.1) is 11.3 Å². The third-order valence-corrected chi connectivity index (χ3v) is 3.97. The average Bonchev–Trinajstić information content (AvgIpc) is 2.82. The number of anilines is 1. The number of thiazole rings is 1. The van der Waals surface area contributed by atoms with Crippen LogP contribution in [0.1, 0.15) is 22.1 Å². The largest absolute Gasteiger partial charge is 0.383 e. The summed E-state index contributed by atoms with van der Waals surface area (Å²) in [4.78, 5) is 4.37. The third kappa shape index (κ3) is 1.53. The molecule has 2 N–H and O–H groups in total. The molecule has 0 unspecified atom stereocenters. The van der Waals surface area contributed by atoms with Crippen molar-refractivity contribution in [3.63, 3.8) is 0 Å². The zero-order chi connectivity index (χ0) is 10.3. The van der Waals surface area contributed by atoms with E-state index in [-0.39, 0.29) is 0 Å². The summed E-state index contributed by atoms with van der Waals surface area (Å²) in [6.45, 7) is 0. The van der Waals surface area contributed by atoms with Crippen molar-refractivity contribution in [2.45, 2.75) is 18.8 Å². The fourth-order valence-corrected chi connectivity index (χ4v) is 3.03. The fourth-order valence-electron chi connectivity index (χ4n) is 2.22. The summed E-state index contributed by atoms with van der Waals surface area (Å²) in [7, 11) is 0. The molecular formula is C12H12N2S. The minimum Gasteiger partial charge on any atom is -0.383 e. The minimum atomic E-state index is 0.546. The fraction of sp³-hybridized carbons (Fsp3) is 0.250. The minimum absolute atomic E-state index is 0.546. The van der Waals surface area contributed by atoms with Crippen LogP contribution in [0.3, 0.4) is 0 Å². The zero-order valence-corrected chi connectivity index (χ0v) is 9.13. The molecule has 1 aliphatic carbocycles. The number of aromatic nitrogens is 1. The maximum Gasteiger partial charge on any atom is 0.134 e. The lowest BCUT2D eigenvalue weighted by molar-refractivity contribution is 0.735. The summed E-state index contributed by atoms with van der Waals surface area (Å²) in [6, 6.07) is 8.65. The smallest absolute Gasteiger partial charge is 0.134 e. The van der Waals surface area contributed by atoms with E-state index in [0.717, 1.165) is 12.8 Å². The predicted molar refractivity (Wildman–Crippen MR) is 63.1 cm³/mol. The highest BCUT2D eigenvalue weighted by atomic mass is 32.1. The van der Waals surface area contributed by atoms with Crippen molar-refractivity contribution in [2.24, 2.45) is 0 Å². The lowest BCUT2D eigenvalue weighted by Crippen LogP contribution is -1.97. The zero-order valence-electron chi connectivity index (χ0n) is 8.31. The number of nitrogen functional groups attached to an aromatic ring is 1. The van der Waals surface area contributed by atoms with Gasteiger partial charge in [-0.1, -0.05) is 24.3 Å². The van der Waals surface area contributed by atoms with Gasteiger partial charge in [0.05, 0.1) is 5.01 Å². The second-order valence-electron chi connectivity index (χ2n) is 3.98. The van der Waals surface area contributed by atoms with Gasteiger partial charge in [-0.3, -0.25) is 0 Å². The first kappa shape index (κ1) is 8.92. The van der Waals surface area contributed by atoms with Gasteiger partial charge in [0, 0.05) is 11.3 Å². The molecule has 1 heterocycles. The highest BCUT2D eigenvalue weighted by Gasteiger charge is 2.24. The van der Waals surface area contributed by atoms with Gasteiger partial charge in [0.2, 0.25) is 0 Å². The third-order valence-electron chi connectivity index (χ3n) is 2.94. The number of rotatable bonds is 1. The van der Waals surface area contributed by atoms with Crippen LogP contribution in [0.15, 0.2) is 29.6 Å². The molecule has 0 spiro atoms. The molecule has 2 aromatic rings. The van der Waals surface area contributed by atoms with Gasteiger partial charge in [-0.05, 0) is 24.0 Å². The number of nitrogens with two attached hydrogens (primary N) is 1. The standard InChI is InChI=1S/C12H12N2S/c13-11-7-15-12(14-11)10-5-8-3-1-2-4-9(8)6-10/h1-4,7,10H,5-6,13H2. The normalized spacial score (nSPS) is 15.5. The molecule has 1 aromatic heterocycles. The summed E-state index contributed by atoms with van der Waals surface area (Å²) >= 11 is 1.68. The maximum absolute atomic E-state index is 5.65. The lowest BCUT2D eigenvalue weighted by Gasteiger charge is -2.02. The van der Waals surface area contributed by atoms with Gasteiger partial charge >= 0.3 is 0 Å². The first-order valence-electron chi connectivity index (χ1n) is 5.10. The summed E-state index contributed by atoms with van der Waals surface area (Å²) in [6.07, 6.45) is 2.23. The second-order valence-corrected chi connectivity index (χ2v) is 4.87. The molecule has 0 saturated heterocycles. The number of nitrogens with zero attached hydrogens (tertiary/aromatic N) is 1. The quantitative estimate of drug-likeness (QED) is 0.795. The molecule has 0 bridgehead atoms. The molecule has 76 valence electrons. The van der Waals surface area contributed by atoms with E-state index in [4.69, 9.17) is 5.73 Å². The van der Waals surface area contributed by atoms with E-state index in [1.165, 1.54) is 16.1 Å². The van der Waals surface area contributed by atoms with Crippen LogP contribution in [0.4, 0.5) is 5.82 Å². The van der Waals surface area contributed by atoms with Gasteiger partial charge < -0.3 is 5.73 Å². The summed E-state index contributed by atoms with van der Waals surface area (Å²) in [5.41, 5.74) is 8.59. The molecule has 3 heteroatoms. The van der Waals surface area contributed by atoms with E-state index in [2.05, 4.69) is 29.2 Å². The Hall–Kier alpha value is -1.35. The Morgan fingerprint density at radius 2 is 1.87 bits per heavy atom. The van der Waals surface area contributed by atoms with E-state index >= 15 is 0 Å². The van der Waals surface area contributed by atoms with Crippen LogP contribution >= 0.6 is 11.3 Å². The van der Waals surface area contributed by atoms with Crippen molar-refractivity contribution < 1.29 is 0 Å². The number of hydrogen-bond acceptors (Lipinski definition) is 3. The average molecular weight is 216 g/mol. The van der Waals surface area contributed by atoms with Crippen LogP contribution < -0.4 is 5.73 Å². The van der Waals surface area contributed by atoms with Gasteiger partial charge in [0.1, 0.15) is 5.82 Å². The maximum atomic E-state index is 5.65. The molecule has 15 heavy (non-hydrogen) atoms. The van der Waals surface area contributed by atoms with Crippen molar-refractivity contribution in [1.29, 1.82) is 0 Å². The molecule has 3 rings (SSSR count). The molecule has 0 fully saturated rings. The van der Waals surface area contributed by atoms with Crippen LogP contribution in [-0.4, -0.2) is 4.98 Å². The Kier molecular flexibility index (Phi) is 1.99. The van der Waals surface area contributed by atoms with Crippen LogP contribution in [0.5, 0.6) is 0 Å². The first-order chi connectivity index (χ1) is 7.33. The van der Waals surface area contributed by atoms with Gasteiger partial charge in [0.15, 0.2) is 0 Å². The lowest BCUT2D eigenvalue weighted by atomic mass is 10.1. The van der Waals surface area contributed by atoms with E-state index in [1.807, 2.05) is 5.38 Å². The summed E-state index contributed by atoms with van der Waals surface area (Å²) in [5.74, 6) is 1.20. The Bertz CT molecular complexity index is 465. The molecule has 0 amide bonds. The van der Waals surface area contributed by atoms with E-state index in [0.29, 0.717) is 11.7 Å². The monoisotopic (exact) mass is 216 g/mol. The van der Waals surface area contributed by atoms with Crippen LogP contribution in [0.2, 0.25) is 0 Å². The second kappa shape index (κ2) is 3.35. The molecule has 2 nitrogen and oxygen atoms in total. The van der Waals surface area contributed by atoms with Crippen LogP contribution in [0, 0.1) is 0 Å².